The molecule has 3 nitrogen and oxygen atoms in total. The Balaban J connectivity index is 2.15. The first kappa shape index (κ1) is 9.86. The Bertz CT molecular complexity index is 398. The van der Waals surface area contributed by atoms with Crippen LogP contribution in [0.25, 0.3) is 0 Å². The van der Waals surface area contributed by atoms with Crippen molar-refractivity contribution >= 4 is 23.1 Å². The van der Waals surface area contributed by atoms with Crippen molar-refractivity contribution in [3.8, 4) is 0 Å². The largest absolute Gasteiger partial charge is 0.339 e. The lowest BCUT2D eigenvalue weighted by atomic mass is 10.3. The number of aromatic nitrogens is 2. The lowest BCUT2D eigenvalue weighted by Gasteiger charge is -2.03. The molecule has 76 valence electrons. The molecule has 0 spiro atoms. The Labute approximate surface area is 90.9 Å². The zero-order chi connectivity index (χ0) is 10.7. The molecule has 0 saturated heterocycles. The van der Waals surface area contributed by atoms with E-state index >= 15 is 0 Å². The molecule has 0 bridgehead atoms. The van der Waals surface area contributed by atoms with E-state index in [0.29, 0.717) is 11.0 Å². The maximum Gasteiger partial charge on any atom is 0.153 e. The predicted molar refractivity (Wildman–Crippen MR) is 56.7 cm³/mol. The van der Waals surface area contributed by atoms with Crippen LogP contribution in [0.1, 0.15) is 0 Å². The first-order valence-electron chi connectivity index (χ1n) is 4.26. The zero-order valence-electron chi connectivity index (χ0n) is 7.61. The van der Waals surface area contributed by atoms with Crippen molar-refractivity contribution in [2.75, 3.05) is 5.32 Å². The Morgan fingerprint density at radius 1 is 1.00 bits per heavy atom. The minimum atomic E-state index is -0.275. The molecular formula is C10H7ClFN3. The normalized spacial score (nSPS) is 10.0. The van der Waals surface area contributed by atoms with E-state index in [0.717, 1.165) is 5.69 Å². The van der Waals surface area contributed by atoms with Gasteiger partial charge in [-0.2, -0.15) is 0 Å². The van der Waals surface area contributed by atoms with Crippen LogP contribution in [-0.4, -0.2) is 10.2 Å². The molecular weight excluding hydrogens is 217 g/mol. The van der Waals surface area contributed by atoms with Gasteiger partial charge in [-0.25, -0.2) is 4.39 Å². The lowest BCUT2D eigenvalue weighted by molar-refractivity contribution is 0.628. The smallest absolute Gasteiger partial charge is 0.153 e. The quantitative estimate of drug-likeness (QED) is 0.851. The van der Waals surface area contributed by atoms with Crippen molar-refractivity contribution in [1.82, 2.24) is 10.2 Å². The maximum atomic E-state index is 12.6. The summed E-state index contributed by atoms with van der Waals surface area (Å²) in [6, 6.07) is 9.29. The summed E-state index contributed by atoms with van der Waals surface area (Å²) in [4.78, 5) is 0. The summed E-state index contributed by atoms with van der Waals surface area (Å²) in [7, 11) is 0. The van der Waals surface area contributed by atoms with E-state index in [4.69, 9.17) is 11.6 Å². The van der Waals surface area contributed by atoms with Gasteiger partial charge in [-0.15, -0.1) is 10.2 Å². The molecule has 1 aromatic heterocycles. The molecule has 0 saturated carbocycles. The van der Waals surface area contributed by atoms with Gasteiger partial charge in [0.2, 0.25) is 0 Å². The van der Waals surface area contributed by atoms with Crippen LogP contribution in [0, 0.1) is 5.82 Å². The van der Waals surface area contributed by atoms with Crippen LogP contribution < -0.4 is 5.32 Å². The highest BCUT2D eigenvalue weighted by Crippen LogP contribution is 2.14. The number of halogens is 2. The van der Waals surface area contributed by atoms with Gasteiger partial charge in [0.15, 0.2) is 11.0 Å². The summed E-state index contributed by atoms with van der Waals surface area (Å²) >= 11 is 5.58. The van der Waals surface area contributed by atoms with Gasteiger partial charge in [0.05, 0.1) is 0 Å². The van der Waals surface area contributed by atoms with Crippen molar-refractivity contribution in [2.24, 2.45) is 0 Å². The lowest BCUT2D eigenvalue weighted by Crippen LogP contribution is -1.94. The van der Waals surface area contributed by atoms with Crippen molar-refractivity contribution in [1.29, 1.82) is 0 Å². The monoisotopic (exact) mass is 223 g/mol. The Morgan fingerprint density at radius 3 is 2.33 bits per heavy atom. The van der Waals surface area contributed by atoms with E-state index in [9.17, 15) is 4.39 Å². The summed E-state index contributed by atoms with van der Waals surface area (Å²) in [5.41, 5.74) is 0.744. The highest BCUT2D eigenvalue weighted by Gasteiger charge is 1.97. The molecule has 1 heterocycles. The van der Waals surface area contributed by atoms with Gasteiger partial charge in [0, 0.05) is 5.69 Å². The van der Waals surface area contributed by atoms with Crippen LogP contribution in [0.15, 0.2) is 36.4 Å². The van der Waals surface area contributed by atoms with Crippen LogP contribution >= 0.6 is 11.6 Å². The molecule has 0 atom stereocenters. The fourth-order valence-electron chi connectivity index (χ4n) is 1.06. The van der Waals surface area contributed by atoms with Crippen LogP contribution in [-0.2, 0) is 0 Å². The van der Waals surface area contributed by atoms with Gasteiger partial charge in [0.1, 0.15) is 5.82 Å². The summed E-state index contributed by atoms with van der Waals surface area (Å²) in [5.74, 6) is 0.286. The second kappa shape index (κ2) is 4.23. The molecule has 15 heavy (non-hydrogen) atoms. The fraction of sp³-hybridized carbons (Fsp3) is 0. The average Bonchev–Trinajstić information content (AvgIpc) is 2.25. The van der Waals surface area contributed by atoms with Gasteiger partial charge in [-0.3, -0.25) is 0 Å². The molecule has 0 aliphatic carbocycles. The molecule has 1 N–H and O–H groups in total. The van der Waals surface area contributed by atoms with Crippen molar-refractivity contribution in [3.63, 3.8) is 0 Å². The van der Waals surface area contributed by atoms with E-state index in [1.807, 2.05) is 0 Å². The summed E-state index contributed by atoms with van der Waals surface area (Å²) < 4.78 is 12.6. The Hall–Kier alpha value is -1.68. The third-order valence-electron chi connectivity index (χ3n) is 1.75. The Kier molecular flexibility index (Phi) is 2.78. The standard InChI is InChI=1S/C10H7ClFN3/c11-9-5-6-10(15-14-9)13-8-3-1-7(12)2-4-8/h1-6H,(H,13,15). The van der Waals surface area contributed by atoms with Gasteiger partial charge in [-0.05, 0) is 36.4 Å². The third kappa shape index (κ3) is 2.63. The average molecular weight is 224 g/mol. The third-order valence-corrected chi connectivity index (χ3v) is 1.95. The van der Waals surface area contributed by atoms with Crippen LogP contribution in [0.4, 0.5) is 15.9 Å². The van der Waals surface area contributed by atoms with E-state index in [1.54, 1.807) is 24.3 Å². The summed E-state index contributed by atoms with van der Waals surface area (Å²) in [6.07, 6.45) is 0. The first-order valence-corrected chi connectivity index (χ1v) is 4.64. The summed E-state index contributed by atoms with van der Waals surface area (Å²) in [5, 5.41) is 10.8. The molecule has 0 radical (unpaired) electrons. The molecule has 1 aromatic carbocycles. The molecule has 0 amide bonds. The molecule has 2 aromatic rings. The number of benzene rings is 1. The number of nitrogens with zero attached hydrogens (tertiary/aromatic N) is 2. The highest BCUT2D eigenvalue weighted by molar-refractivity contribution is 6.29. The maximum absolute atomic E-state index is 12.6. The van der Waals surface area contributed by atoms with Gasteiger partial charge in [0.25, 0.3) is 0 Å². The number of anilines is 2. The SMILES string of the molecule is Fc1ccc(Nc2ccc(Cl)nn2)cc1. The summed E-state index contributed by atoms with van der Waals surface area (Å²) in [6.45, 7) is 0. The zero-order valence-corrected chi connectivity index (χ0v) is 8.37. The molecule has 0 aliphatic heterocycles. The number of rotatable bonds is 2. The van der Waals surface area contributed by atoms with Crippen LogP contribution in [0.2, 0.25) is 5.15 Å². The molecule has 0 unspecified atom stereocenters. The van der Waals surface area contributed by atoms with Crippen LogP contribution in [0.3, 0.4) is 0 Å². The molecule has 0 aliphatic rings. The van der Waals surface area contributed by atoms with Crippen molar-refractivity contribution < 1.29 is 4.39 Å². The van der Waals surface area contributed by atoms with Gasteiger partial charge < -0.3 is 5.32 Å². The van der Waals surface area contributed by atoms with Crippen molar-refractivity contribution in [2.45, 2.75) is 0 Å². The molecule has 5 heteroatoms. The van der Waals surface area contributed by atoms with Gasteiger partial charge in [-0.1, -0.05) is 11.6 Å². The fourth-order valence-corrected chi connectivity index (χ4v) is 1.16. The second-order valence-corrected chi connectivity index (χ2v) is 3.26. The highest BCUT2D eigenvalue weighted by atomic mass is 35.5. The van der Waals surface area contributed by atoms with E-state index in [-0.39, 0.29) is 5.82 Å². The minimum absolute atomic E-state index is 0.275. The molecule has 0 fully saturated rings. The first-order chi connectivity index (χ1) is 7.24. The second-order valence-electron chi connectivity index (χ2n) is 2.87. The van der Waals surface area contributed by atoms with Crippen molar-refractivity contribution in [3.05, 3.63) is 47.4 Å². The van der Waals surface area contributed by atoms with Crippen LogP contribution in [0.5, 0.6) is 0 Å². The minimum Gasteiger partial charge on any atom is -0.339 e. The number of hydrogen-bond acceptors (Lipinski definition) is 3. The predicted octanol–water partition coefficient (Wildman–Crippen LogP) is 3.01. The van der Waals surface area contributed by atoms with E-state index in [1.165, 1.54) is 12.1 Å². The molecule has 2 rings (SSSR count). The van der Waals surface area contributed by atoms with E-state index in [2.05, 4.69) is 15.5 Å². The number of hydrogen-bond donors (Lipinski definition) is 1. The van der Waals surface area contributed by atoms with E-state index < -0.39 is 0 Å². The topological polar surface area (TPSA) is 37.8 Å². The Morgan fingerprint density at radius 2 is 1.73 bits per heavy atom. The number of nitrogens with one attached hydrogen (secondary N) is 1. The van der Waals surface area contributed by atoms with Gasteiger partial charge >= 0.3 is 0 Å².